The second-order valence-electron chi connectivity index (χ2n) is 8.49. The smallest absolute Gasteiger partial charge is 0.252 e. The highest BCUT2D eigenvalue weighted by Gasteiger charge is 2.15. The molecule has 2 heterocycles. The fourth-order valence-corrected chi connectivity index (χ4v) is 4.54. The second kappa shape index (κ2) is 10.8. The number of carbonyl (C=O) groups excluding carboxylic acids is 1. The maximum Gasteiger partial charge on any atom is 0.252 e. The van der Waals surface area contributed by atoms with Crippen LogP contribution in [0.5, 0.6) is 0 Å². The van der Waals surface area contributed by atoms with Crippen molar-refractivity contribution in [2.45, 2.75) is 38.6 Å². The normalized spacial score (nSPS) is 14.9. The van der Waals surface area contributed by atoms with E-state index < -0.39 is 0 Å². The molecule has 0 aliphatic carbocycles. The molecule has 1 saturated heterocycles. The van der Waals surface area contributed by atoms with Crippen molar-refractivity contribution in [2.24, 2.45) is 0 Å². The lowest BCUT2D eigenvalue weighted by Crippen LogP contribution is -2.31. The van der Waals surface area contributed by atoms with Gasteiger partial charge in [-0.2, -0.15) is 0 Å². The molecule has 0 spiro atoms. The van der Waals surface area contributed by atoms with Crippen LogP contribution in [0.2, 0.25) is 5.02 Å². The van der Waals surface area contributed by atoms with Crippen LogP contribution in [0.4, 0.5) is 0 Å². The van der Waals surface area contributed by atoms with Gasteiger partial charge in [-0.3, -0.25) is 9.59 Å². The van der Waals surface area contributed by atoms with E-state index in [9.17, 15) is 9.59 Å². The predicted molar refractivity (Wildman–Crippen MR) is 131 cm³/mol. The number of hydrogen-bond donors (Lipinski definition) is 1. The molecule has 32 heavy (non-hydrogen) atoms. The Morgan fingerprint density at radius 3 is 2.44 bits per heavy atom. The maximum atomic E-state index is 12.9. The number of para-hydroxylation sites is 1. The molecule has 0 atom stereocenters. The molecule has 0 bridgehead atoms. The molecule has 0 saturated carbocycles. The van der Waals surface area contributed by atoms with E-state index in [0.29, 0.717) is 23.7 Å². The highest BCUT2D eigenvalue weighted by Crippen LogP contribution is 2.19. The minimum atomic E-state index is -0.187. The number of nitrogens with zero attached hydrogens (tertiary/aromatic N) is 2. The highest BCUT2D eigenvalue weighted by atomic mass is 35.5. The van der Waals surface area contributed by atoms with Gasteiger partial charge in [-0.25, -0.2) is 0 Å². The number of aromatic nitrogens is 1. The second-order valence-corrected chi connectivity index (χ2v) is 8.93. The van der Waals surface area contributed by atoms with Crippen molar-refractivity contribution >= 4 is 28.4 Å². The van der Waals surface area contributed by atoms with Crippen LogP contribution >= 0.6 is 11.6 Å². The Kier molecular flexibility index (Phi) is 7.61. The van der Waals surface area contributed by atoms with E-state index in [-0.39, 0.29) is 11.5 Å². The molecule has 1 N–H and O–H groups in total. The summed E-state index contributed by atoms with van der Waals surface area (Å²) in [6, 6.07) is 16.5. The van der Waals surface area contributed by atoms with Crippen molar-refractivity contribution in [2.75, 3.05) is 26.2 Å². The largest absolute Gasteiger partial charge is 0.352 e. The van der Waals surface area contributed by atoms with Crippen LogP contribution in [0.15, 0.2) is 59.4 Å². The minimum absolute atomic E-state index is 0.187. The molecule has 1 aromatic heterocycles. The first-order chi connectivity index (χ1) is 15.6. The van der Waals surface area contributed by atoms with Gasteiger partial charge in [0.25, 0.3) is 11.5 Å². The lowest BCUT2D eigenvalue weighted by atomic mass is 10.1. The number of hydrogen-bond acceptors (Lipinski definition) is 3. The van der Waals surface area contributed by atoms with Crippen molar-refractivity contribution in [3.8, 4) is 0 Å². The van der Waals surface area contributed by atoms with E-state index in [4.69, 9.17) is 11.6 Å². The molecule has 2 aromatic carbocycles. The molecule has 0 unspecified atom stereocenters. The van der Waals surface area contributed by atoms with Crippen molar-refractivity contribution in [1.82, 2.24) is 14.8 Å². The number of likely N-dealkylation sites (tertiary alicyclic amines) is 1. The standard InChI is InChI=1S/C26H30ClN3O2/c27-21-12-10-20(11-13-21)19-30-24-9-4-3-8-22(24)23(18-25(30)31)26(32)28-14-7-17-29-15-5-1-2-6-16-29/h3-4,8-13,18H,1-2,5-7,14-17,19H2,(H,28,32). The third kappa shape index (κ3) is 5.59. The summed E-state index contributed by atoms with van der Waals surface area (Å²) in [5.74, 6) is -0.187. The number of fused-ring (bicyclic) bond motifs is 1. The zero-order valence-corrected chi connectivity index (χ0v) is 19.1. The van der Waals surface area contributed by atoms with E-state index in [1.807, 2.05) is 48.5 Å². The monoisotopic (exact) mass is 451 g/mol. The molecule has 6 heteroatoms. The van der Waals surface area contributed by atoms with Gasteiger partial charge in [-0.15, -0.1) is 0 Å². The summed E-state index contributed by atoms with van der Waals surface area (Å²) in [6.07, 6.45) is 6.10. The minimum Gasteiger partial charge on any atom is -0.352 e. The van der Waals surface area contributed by atoms with Gasteiger partial charge in [0.1, 0.15) is 0 Å². The molecule has 3 aromatic rings. The average Bonchev–Trinajstić information content (AvgIpc) is 3.08. The maximum absolute atomic E-state index is 12.9. The van der Waals surface area contributed by atoms with Crippen LogP contribution in [0.1, 0.15) is 48.0 Å². The predicted octanol–water partition coefficient (Wildman–Crippen LogP) is 4.70. The van der Waals surface area contributed by atoms with Crippen molar-refractivity contribution in [3.05, 3.63) is 81.1 Å². The fourth-order valence-electron chi connectivity index (χ4n) is 4.42. The van der Waals surface area contributed by atoms with Crippen LogP contribution < -0.4 is 10.9 Å². The lowest BCUT2D eigenvalue weighted by Gasteiger charge is -2.19. The summed E-state index contributed by atoms with van der Waals surface area (Å²) >= 11 is 5.98. The molecular weight excluding hydrogens is 422 g/mol. The van der Waals surface area contributed by atoms with Crippen LogP contribution in [-0.2, 0) is 6.54 Å². The first-order valence-corrected chi connectivity index (χ1v) is 11.9. The van der Waals surface area contributed by atoms with Gasteiger partial charge in [0.2, 0.25) is 0 Å². The number of rotatable bonds is 7. The Balaban J connectivity index is 1.47. The van der Waals surface area contributed by atoms with Crippen LogP contribution in [0.25, 0.3) is 10.9 Å². The average molecular weight is 452 g/mol. The Morgan fingerprint density at radius 2 is 1.69 bits per heavy atom. The van der Waals surface area contributed by atoms with E-state index in [1.54, 1.807) is 4.57 Å². The Labute approximate surface area is 194 Å². The molecule has 1 aliphatic rings. The number of amides is 1. The van der Waals surface area contributed by atoms with Gasteiger partial charge >= 0.3 is 0 Å². The van der Waals surface area contributed by atoms with Crippen molar-refractivity contribution < 1.29 is 4.79 Å². The first-order valence-electron chi connectivity index (χ1n) is 11.5. The summed E-state index contributed by atoms with van der Waals surface area (Å²) in [7, 11) is 0. The van der Waals surface area contributed by atoms with Gasteiger partial charge in [0.05, 0.1) is 17.6 Å². The van der Waals surface area contributed by atoms with Crippen LogP contribution in [-0.4, -0.2) is 41.6 Å². The van der Waals surface area contributed by atoms with E-state index in [1.165, 1.54) is 31.7 Å². The van der Waals surface area contributed by atoms with E-state index in [0.717, 1.165) is 42.5 Å². The van der Waals surface area contributed by atoms with Crippen LogP contribution in [0.3, 0.4) is 0 Å². The zero-order valence-electron chi connectivity index (χ0n) is 18.4. The molecule has 1 aliphatic heterocycles. The highest BCUT2D eigenvalue weighted by molar-refractivity contribution is 6.30. The molecule has 0 radical (unpaired) electrons. The molecule has 1 fully saturated rings. The fraction of sp³-hybridized carbons (Fsp3) is 0.385. The van der Waals surface area contributed by atoms with Crippen molar-refractivity contribution in [3.63, 3.8) is 0 Å². The molecular formula is C26H30ClN3O2. The SMILES string of the molecule is O=C(NCCCN1CCCCCC1)c1cc(=O)n(Cc2ccc(Cl)cc2)c2ccccc12. The number of halogens is 1. The van der Waals surface area contributed by atoms with Gasteiger partial charge in [-0.05, 0) is 62.7 Å². The molecule has 5 nitrogen and oxygen atoms in total. The summed E-state index contributed by atoms with van der Waals surface area (Å²) in [5.41, 5.74) is 1.98. The third-order valence-electron chi connectivity index (χ3n) is 6.15. The molecule has 168 valence electrons. The van der Waals surface area contributed by atoms with Gasteiger partial charge < -0.3 is 14.8 Å². The Hall–Kier alpha value is -2.63. The zero-order chi connectivity index (χ0) is 22.3. The number of carbonyl (C=O) groups is 1. The Bertz CT molecular complexity index is 1120. The van der Waals surface area contributed by atoms with Crippen LogP contribution in [0, 0.1) is 0 Å². The summed E-state index contributed by atoms with van der Waals surface area (Å²) in [6.45, 7) is 4.35. The molecule has 1 amide bonds. The summed E-state index contributed by atoms with van der Waals surface area (Å²) in [5, 5.41) is 4.46. The topological polar surface area (TPSA) is 54.3 Å². The number of nitrogens with one attached hydrogen (secondary N) is 1. The summed E-state index contributed by atoms with van der Waals surface area (Å²) in [4.78, 5) is 28.4. The van der Waals surface area contributed by atoms with E-state index in [2.05, 4.69) is 10.2 Å². The quantitative estimate of drug-likeness (QED) is 0.530. The number of benzene rings is 2. The summed E-state index contributed by atoms with van der Waals surface area (Å²) < 4.78 is 1.70. The lowest BCUT2D eigenvalue weighted by molar-refractivity contribution is 0.0953. The Morgan fingerprint density at radius 1 is 0.969 bits per heavy atom. The number of pyridine rings is 1. The van der Waals surface area contributed by atoms with Crippen molar-refractivity contribution in [1.29, 1.82) is 0 Å². The first kappa shape index (κ1) is 22.6. The van der Waals surface area contributed by atoms with Gasteiger partial charge in [0, 0.05) is 23.0 Å². The van der Waals surface area contributed by atoms with Gasteiger partial charge in [-0.1, -0.05) is 54.8 Å². The molecule has 4 rings (SSSR count). The van der Waals surface area contributed by atoms with Gasteiger partial charge in [0.15, 0.2) is 0 Å². The third-order valence-corrected chi connectivity index (χ3v) is 6.40. The van der Waals surface area contributed by atoms with E-state index >= 15 is 0 Å².